The molecule has 0 aliphatic heterocycles. The standard InChI is InChI=1S/C25H18ClN3O4/c26-17-10-12-18(13-11-17)29-24(31)23-22(19-8-4-5-9-20(19)33-23)28(25(29)32)15-21(30)27-14-16-6-2-1-3-7-16/h1-13H,14-15H2,(H,27,30). The van der Waals surface area contributed by atoms with Gasteiger partial charge in [-0.3, -0.25) is 14.2 Å². The molecular weight excluding hydrogens is 442 g/mol. The van der Waals surface area contributed by atoms with Gasteiger partial charge in [-0.15, -0.1) is 0 Å². The Hall–Kier alpha value is -4.10. The van der Waals surface area contributed by atoms with E-state index in [4.69, 9.17) is 16.0 Å². The summed E-state index contributed by atoms with van der Waals surface area (Å²) < 4.78 is 8.09. The van der Waals surface area contributed by atoms with Crippen molar-refractivity contribution in [3.05, 3.63) is 110 Å². The summed E-state index contributed by atoms with van der Waals surface area (Å²) in [6.45, 7) is 0.0418. The van der Waals surface area contributed by atoms with Crippen molar-refractivity contribution >= 4 is 39.6 Å². The smallest absolute Gasteiger partial charge is 0.336 e. The highest BCUT2D eigenvalue weighted by molar-refractivity contribution is 6.30. The van der Waals surface area contributed by atoms with Gasteiger partial charge in [0.1, 0.15) is 17.6 Å². The maximum absolute atomic E-state index is 13.5. The molecule has 2 heterocycles. The van der Waals surface area contributed by atoms with Gasteiger partial charge in [-0.2, -0.15) is 0 Å². The van der Waals surface area contributed by atoms with Gasteiger partial charge in [-0.25, -0.2) is 9.36 Å². The Kier molecular flexibility index (Phi) is 5.32. The van der Waals surface area contributed by atoms with Gasteiger partial charge >= 0.3 is 11.2 Å². The van der Waals surface area contributed by atoms with Crippen LogP contribution in [0.1, 0.15) is 5.56 Å². The minimum Gasteiger partial charge on any atom is -0.449 e. The Morgan fingerprint density at radius 2 is 1.61 bits per heavy atom. The van der Waals surface area contributed by atoms with E-state index in [1.165, 1.54) is 4.57 Å². The van der Waals surface area contributed by atoms with E-state index in [1.54, 1.807) is 48.5 Å². The number of halogens is 1. The quantitative estimate of drug-likeness (QED) is 0.432. The molecule has 0 atom stereocenters. The lowest BCUT2D eigenvalue weighted by atomic mass is 10.2. The molecule has 5 rings (SSSR count). The Bertz CT molecular complexity index is 1600. The molecule has 0 spiro atoms. The highest BCUT2D eigenvalue weighted by Gasteiger charge is 2.22. The summed E-state index contributed by atoms with van der Waals surface area (Å²) in [5.74, 6) is -0.367. The number of nitrogens with zero attached hydrogens (tertiary/aromatic N) is 2. The Morgan fingerprint density at radius 1 is 0.909 bits per heavy atom. The zero-order valence-corrected chi connectivity index (χ0v) is 18.1. The lowest BCUT2D eigenvalue weighted by Gasteiger charge is -2.12. The number of furan rings is 1. The van der Waals surface area contributed by atoms with E-state index in [0.29, 0.717) is 33.7 Å². The summed E-state index contributed by atoms with van der Waals surface area (Å²) in [5.41, 5.74) is 0.766. The van der Waals surface area contributed by atoms with E-state index in [0.717, 1.165) is 10.1 Å². The van der Waals surface area contributed by atoms with E-state index in [1.807, 2.05) is 30.3 Å². The van der Waals surface area contributed by atoms with Gasteiger partial charge in [0.05, 0.1) is 5.69 Å². The number of fused-ring (bicyclic) bond motifs is 3. The van der Waals surface area contributed by atoms with Crippen LogP contribution >= 0.6 is 11.6 Å². The first-order valence-corrected chi connectivity index (χ1v) is 10.6. The fourth-order valence-electron chi connectivity index (χ4n) is 3.81. The maximum Gasteiger partial charge on any atom is 0.336 e. The fourth-order valence-corrected chi connectivity index (χ4v) is 3.94. The normalized spacial score (nSPS) is 11.2. The zero-order chi connectivity index (χ0) is 22.9. The van der Waals surface area contributed by atoms with Gasteiger partial charge in [0, 0.05) is 17.0 Å². The molecule has 0 saturated carbocycles. The number of hydrogen-bond acceptors (Lipinski definition) is 4. The Morgan fingerprint density at radius 3 is 2.36 bits per heavy atom. The van der Waals surface area contributed by atoms with Crippen molar-refractivity contribution in [2.75, 3.05) is 0 Å². The Labute approximate surface area is 192 Å². The molecule has 1 N–H and O–H groups in total. The van der Waals surface area contributed by atoms with Crippen LogP contribution in [0.15, 0.2) is 92.9 Å². The first kappa shape index (κ1) is 20.8. The molecule has 0 fully saturated rings. The van der Waals surface area contributed by atoms with Crippen LogP contribution in [0, 0.1) is 0 Å². The summed E-state index contributed by atoms with van der Waals surface area (Å²) in [6, 6.07) is 22.8. The molecule has 7 nitrogen and oxygen atoms in total. The van der Waals surface area contributed by atoms with Crippen molar-refractivity contribution < 1.29 is 9.21 Å². The van der Waals surface area contributed by atoms with Gasteiger partial charge in [0.15, 0.2) is 0 Å². The summed E-state index contributed by atoms with van der Waals surface area (Å²) in [7, 11) is 0. The minimum absolute atomic E-state index is 0.00149. The molecule has 1 amide bonds. The third-order valence-electron chi connectivity index (χ3n) is 5.38. The van der Waals surface area contributed by atoms with Crippen LogP contribution in [0.3, 0.4) is 0 Å². The molecule has 2 aromatic heterocycles. The number of nitrogens with one attached hydrogen (secondary N) is 1. The van der Waals surface area contributed by atoms with E-state index in [2.05, 4.69) is 5.32 Å². The van der Waals surface area contributed by atoms with Crippen LogP contribution < -0.4 is 16.6 Å². The monoisotopic (exact) mass is 459 g/mol. The number of carbonyl (C=O) groups excluding carboxylic acids is 1. The molecule has 0 bridgehead atoms. The van der Waals surface area contributed by atoms with Gasteiger partial charge in [-0.1, -0.05) is 54.1 Å². The molecule has 33 heavy (non-hydrogen) atoms. The molecule has 8 heteroatoms. The van der Waals surface area contributed by atoms with E-state index in [-0.39, 0.29) is 18.0 Å². The topological polar surface area (TPSA) is 86.2 Å². The Balaban J connectivity index is 1.65. The second kappa shape index (κ2) is 8.44. The zero-order valence-electron chi connectivity index (χ0n) is 17.3. The number of rotatable bonds is 5. The third kappa shape index (κ3) is 3.83. The largest absolute Gasteiger partial charge is 0.449 e. The third-order valence-corrected chi connectivity index (χ3v) is 5.63. The second-order valence-corrected chi connectivity index (χ2v) is 7.96. The average molecular weight is 460 g/mol. The summed E-state index contributed by atoms with van der Waals surface area (Å²) in [6.07, 6.45) is 0. The van der Waals surface area contributed by atoms with Crippen molar-refractivity contribution in [2.24, 2.45) is 0 Å². The highest BCUT2D eigenvalue weighted by Crippen LogP contribution is 2.26. The van der Waals surface area contributed by atoms with Crippen LogP contribution in [0.5, 0.6) is 0 Å². The van der Waals surface area contributed by atoms with Crippen molar-refractivity contribution in [2.45, 2.75) is 13.1 Å². The number of hydrogen-bond donors (Lipinski definition) is 1. The first-order chi connectivity index (χ1) is 16.0. The van der Waals surface area contributed by atoms with Crippen molar-refractivity contribution in [3.8, 4) is 5.69 Å². The van der Waals surface area contributed by atoms with Crippen LogP contribution in [0.25, 0.3) is 27.8 Å². The minimum atomic E-state index is -0.642. The summed E-state index contributed by atoms with van der Waals surface area (Å²) >= 11 is 5.97. The highest BCUT2D eigenvalue weighted by atomic mass is 35.5. The molecular formula is C25H18ClN3O4. The summed E-state index contributed by atoms with van der Waals surface area (Å²) in [4.78, 5) is 39.6. The van der Waals surface area contributed by atoms with Crippen molar-refractivity contribution in [3.63, 3.8) is 0 Å². The van der Waals surface area contributed by atoms with E-state index < -0.39 is 11.2 Å². The second-order valence-electron chi connectivity index (χ2n) is 7.52. The number of carbonyl (C=O) groups is 1. The van der Waals surface area contributed by atoms with Gasteiger partial charge in [0.2, 0.25) is 11.5 Å². The van der Waals surface area contributed by atoms with Crippen LogP contribution in [-0.4, -0.2) is 15.0 Å². The van der Waals surface area contributed by atoms with E-state index in [9.17, 15) is 14.4 Å². The van der Waals surface area contributed by atoms with Gasteiger partial charge in [-0.05, 0) is 42.0 Å². The first-order valence-electron chi connectivity index (χ1n) is 10.3. The predicted molar refractivity (Wildman–Crippen MR) is 127 cm³/mol. The average Bonchev–Trinajstić information content (AvgIpc) is 3.22. The summed E-state index contributed by atoms with van der Waals surface area (Å²) in [5, 5.41) is 3.88. The SMILES string of the molecule is O=C(Cn1c(=O)n(-c2ccc(Cl)cc2)c(=O)c2oc3ccccc3c21)NCc1ccccc1. The van der Waals surface area contributed by atoms with Crippen LogP contribution in [0.4, 0.5) is 0 Å². The van der Waals surface area contributed by atoms with Crippen LogP contribution in [-0.2, 0) is 17.9 Å². The molecule has 5 aromatic rings. The fraction of sp³-hybridized carbons (Fsp3) is 0.0800. The maximum atomic E-state index is 13.5. The molecule has 164 valence electrons. The number of aromatic nitrogens is 2. The lowest BCUT2D eigenvalue weighted by Crippen LogP contribution is -2.41. The molecule has 0 aliphatic carbocycles. The predicted octanol–water partition coefficient (Wildman–Crippen LogP) is 3.87. The van der Waals surface area contributed by atoms with Crippen molar-refractivity contribution in [1.82, 2.24) is 14.5 Å². The number of benzene rings is 3. The lowest BCUT2D eigenvalue weighted by molar-refractivity contribution is -0.121. The van der Waals surface area contributed by atoms with E-state index >= 15 is 0 Å². The van der Waals surface area contributed by atoms with Gasteiger partial charge < -0.3 is 9.73 Å². The van der Waals surface area contributed by atoms with Crippen molar-refractivity contribution in [1.29, 1.82) is 0 Å². The molecule has 3 aromatic carbocycles. The molecule has 0 aliphatic rings. The molecule has 0 unspecified atom stereocenters. The molecule has 0 saturated heterocycles. The van der Waals surface area contributed by atoms with Crippen LogP contribution in [0.2, 0.25) is 5.02 Å². The molecule has 0 radical (unpaired) electrons. The van der Waals surface area contributed by atoms with Gasteiger partial charge in [0.25, 0.3) is 0 Å². The number of amides is 1. The number of para-hydroxylation sites is 1.